The molecule has 5 nitrogen and oxygen atoms in total. The lowest BCUT2D eigenvalue weighted by atomic mass is 10.0. The lowest BCUT2D eigenvalue weighted by molar-refractivity contribution is 0.128. The zero-order chi connectivity index (χ0) is 11.7. The van der Waals surface area contributed by atoms with E-state index in [4.69, 9.17) is 10.3 Å². The van der Waals surface area contributed by atoms with Gasteiger partial charge >= 0.3 is 0 Å². The van der Waals surface area contributed by atoms with Crippen LogP contribution < -0.4 is 5.73 Å². The molecule has 1 aliphatic heterocycles. The minimum Gasteiger partial charge on any atom is -0.338 e. The summed E-state index contributed by atoms with van der Waals surface area (Å²) in [6.07, 6.45) is 6.16. The van der Waals surface area contributed by atoms with Crippen LogP contribution in [0.5, 0.6) is 0 Å². The van der Waals surface area contributed by atoms with Gasteiger partial charge in [0.25, 0.3) is 0 Å². The van der Waals surface area contributed by atoms with E-state index in [1.54, 1.807) is 0 Å². The van der Waals surface area contributed by atoms with Crippen LogP contribution in [0.3, 0.4) is 0 Å². The summed E-state index contributed by atoms with van der Waals surface area (Å²) in [6.45, 7) is 2.59. The molecule has 0 radical (unpaired) electrons. The molecule has 1 unspecified atom stereocenters. The summed E-state index contributed by atoms with van der Waals surface area (Å²) in [7, 11) is 0. The second kappa shape index (κ2) is 5.99. The smallest absolute Gasteiger partial charge is 0.240 e. The maximum Gasteiger partial charge on any atom is 0.240 e. The van der Waals surface area contributed by atoms with Gasteiger partial charge in [-0.2, -0.15) is 4.98 Å². The normalized spacial score (nSPS) is 24.8. The maximum atomic E-state index is 5.80. The van der Waals surface area contributed by atoms with E-state index in [9.17, 15) is 0 Å². The van der Waals surface area contributed by atoms with Crippen LogP contribution in [0.2, 0.25) is 0 Å². The van der Waals surface area contributed by atoms with Crippen LogP contribution in [0.25, 0.3) is 0 Å². The molecule has 0 bridgehead atoms. The van der Waals surface area contributed by atoms with Crippen molar-refractivity contribution in [2.45, 2.75) is 50.6 Å². The largest absolute Gasteiger partial charge is 0.338 e. The van der Waals surface area contributed by atoms with Crippen LogP contribution in [0, 0.1) is 0 Å². The molecule has 1 saturated heterocycles. The summed E-state index contributed by atoms with van der Waals surface area (Å²) >= 11 is 0. The first-order valence-corrected chi connectivity index (χ1v) is 6.63. The molecule has 1 aromatic rings. The molecule has 102 valence electrons. The van der Waals surface area contributed by atoms with Crippen LogP contribution in [0.15, 0.2) is 4.52 Å². The minimum atomic E-state index is 0. The van der Waals surface area contributed by atoms with E-state index in [-0.39, 0.29) is 12.4 Å². The van der Waals surface area contributed by atoms with Crippen molar-refractivity contribution >= 4 is 12.4 Å². The number of likely N-dealkylation sites (tertiary alicyclic amines) is 1. The second-order valence-corrected chi connectivity index (χ2v) is 5.18. The summed E-state index contributed by atoms with van der Waals surface area (Å²) < 4.78 is 5.32. The van der Waals surface area contributed by atoms with Gasteiger partial charge in [-0.25, -0.2) is 0 Å². The lowest BCUT2D eigenvalue weighted by Gasteiger charge is -2.33. The van der Waals surface area contributed by atoms with E-state index in [0.29, 0.717) is 12.0 Å². The Hall–Kier alpha value is -0.650. The predicted molar refractivity (Wildman–Crippen MR) is 70.6 cm³/mol. The van der Waals surface area contributed by atoms with Gasteiger partial charge < -0.3 is 10.3 Å². The highest BCUT2D eigenvalue weighted by molar-refractivity contribution is 5.85. The molecule has 1 aromatic heterocycles. The Morgan fingerprint density at radius 3 is 2.83 bits per heavy atom. The Labute approximate surface area is 114 Å². The average molecular weight is 273 g/mol. The van der Waals surface area contributed by atoms with Gasteiger partial charge in [0.05, 0.1) is 6.54 Å². The second-order valence-electron chi connectivity index (χ2n) is 5.18. The van der Waals surface area contributed by atoms with Gasteiger partial charge in [0.2, 0.25) is 5.89 Å². The van der Waals surface area contributed by atoms with Gasteiger partial charge in [0.15, 0.2) is 5.82 Å². The van der Waals surface area contributed by atoms with Crippen molar-refractivity contribution in [2.24, 2.45) is 5.73 Å². The molecule has 1 saturated carbocycles. The van der Waals surface area contributed by atoms with Crippen molar-refractivity contribution in [1.82, 2.24) is 15.0 Å². The van der Waals surface area contributed by atoms with E-state index < -0.39 is 0 Å². The quantitative estimate of drug-likeness (QED) is 0.903. The van der Waals surface area contributed by atoms with E-state index in [2.05, 4.69) is 15.0 Å². The van der Waals surface area contributed by atoms with E-state index in [1.807, 2.05) is 0 Å². The topological polar surface area (TPSA) is 68.2 Å². The molecule has 0 aromatic carbocycles. The third kappa shape index (κ3) is 3.02. The molecule has 0 amide bonds. The zero-order valence-corrected chi connectivity index (χ0v) is 11.4. The first-order chi connectivity index (χ1) is 8.36. The van der Waals surface area contributed by atoms with Gasteiger partial charge in [-0.15, -0.1) is 12.4 Å². The summed E-state index contributed by atoms with van der Waals surface area (Å²) in [6, 6.07) is 0.486. The molecule has 3 rings (SSSR count). The minimum absolute atomic E-state index is 0. The van der Waals surface area contributed by atoms with E-state index >= 15 is 0 Å². The van der Waals surface area contributed by atoms with Crippen LogP contribution in [-0.4, -0.2) is 34.2 Å². The highest BCUT2D eigenvalue weighted by Gasteiger charge is 2.29. The average Bonchev–Trinajstić information content (AvgIpc) is 3.11. The number of halogens is 1. The van der Waals surface area contributed by atoms with Gasteiger partial charge in [0.1, 0.15) is 0 Å². The number of aromatic nitrogens is 2. The Morgan fingerprint density at radius 1 is 1.28 bits per heavy atom. The molecule has 1 atom stereocenters. The third-order valence-electron chi connectivity index (χ3n) is 3.79. The molecule has 0 spiro atoms. The fourth-order valence-electron chi connectivity index (χ4n) is 2.55. The first-order valence-electron chi connectivity index (χ1n) is 6.63. The Morgan fingerprint density at radius 2 is 2.11 bits per heavy atom. The number of rotatable bonds is 4. The lowest BCUT2D eigenvalue weighted by Crippen LogP contribution is -2.43. The van der Waals surface area contributed by atoms with Gasteiger partial charge in [-0.05, 0) is 32.2 Å². The fourth-order valence-corrected chi connectivity index (χ4v) is 2.55. The van der Waals surface area contributed by atoms with Crippen molar-refractivity contribution in [3.8, 4) is 0 Å². The van der Waals surface area contributed by atoms with Crippen molar-refractivity contribution in [2.75, 3.05) is 13.1 Å². The molecule has 2 N–H and O–H groups in total. The molecule has 1 aliphatic carbocycles. The molecule has 6 heteroatoms. The van der Waals surface area contributed by atoms with Crippen molar-refractivity contribution in [3.63, 3.8) is 0 Å². The number of nitrogens with two attached hydrogens (primary N) is 1. The summed E-state index contributed by atoms with van der Waals surface area (Å²) in [5, 5.41) is 4.05. The number of piperidine rings is 1. The molecular formula is C12H21ClN4O. The van der Waals surface area contributed by atoms with E-state index in [1.165, 1.54) is 32.1 Å². The van der Waals surface area contributed by atoms with Crippen LogP contribution in [0.4, 0.5) is 0 Å². The highest BCUT2D eigenvalue weighted by atomic mass is 35.5. The van der Waals surface area contributed by atoms with E-state index in [0.717, 1.165) is 31.3 Å². The first kappa shape index (κ1) is 13.8. The van der Waals surface area contributed by atoms with Gasteiger partial charge in [-0.3, -0.25) is 4.90 Å². The maximum absolute atomic E-state index is 5.80. The molecule has 2 fully saturated rings. The summed E-state index contributed by atoms with van der Waals surface area (Å²) in [4.78, 5) is 6.86. The van der Waals surface area contributed by atoms with Crippen molar-refractivity contribution in [1.29, 1.82) is 0 Å². The molecule has 2 aliphatic rings. The summed E-state index contributed by atoms with van der Waals surface area (Å²) in [5.41, 5.74) is 5.80. The molecule has 18 heavy (non-hydrogen) atoms. The number of hydrogen-bond acceptors (Lipinski definition) is 5. The Bertz CT molecular complexity index is 380. The van der Waals surface area contributed by atoms with Gasteiger partial charge in [-0.1, -0.05) is 11.6 Å². The fraction of sp³-hybridized carbons (Fsp3) is 0.833. The SMILES string of the molecule is Cl.NCC1CCCCN1Cc1nc(C2CC2)no1. The molecule has 2 heterocycles. The van der Waals surface area contributed by atoms with Crippen LogP contribution >= 0.6 is 12.4 Å². The predicted octanol–water partition coefficient (Wildman–Crippen LogP) is 1.68. The standard InChI is InChI=1S/C12H20N4O.ClH/c13-7-10-3-1-2-6-16(10)8-11-14-12(15-17-11)9-4-5-9;/h9-10H,1-8,13H2;1H. The van der Waals surface area contributed by atoms with Crippen molar-refractivity contribution < 1.29 is 4.52 Å². The zero-order valence-electron chi connectivity index (χ0n) is 10.5. The molecular weight excluding hydrogens is 252 g/mol. The number of nitrogens with zero attached hydrogens (tertiary/aromatic N) is 3. The van der Waals surface area contributed by atoms with Crippen molar-refractivity contribution in [3.05, 3.63) is 11.7 Å². The Balaban J connectivity index is 0.00000120. The van der Waals surface area contributed by atoms with Gasteiger partial charge in [0, 0.05) is 18.5 Å². The Kier molecular flexibility index (Phi) is 4.59. The number of hydrogen-bond donors (Lipinski definition) is 1. The highest BCUT2D eigenvalue weighted by Crippen LogP contribution is 2.38. The van der Waals surface area contributed by atoms with Crippen LogP contribution in [-0.2, 0) is 6.54 Å². The third-order valence-corrected chi connectivity index (χ3v) is 3.79. The summed E-state index contributed by atoms with van der Waals surface area (Å²) in [5.74, 6) is 2.23. The van der Waals surface area contributed by atoms with Crippen LogP contribution in [0.1, 0.15) is 49.7 Å². The monoisotopic (exact) mass is 272 g/mol.